The summed E-state index contributed by atoms with van der Waals surface area (Å²) in [6.07, 6.45) is -0.563. The number of aliphatic imine (C=N–C) groups is 1. The van der Waals surface area contributed by atoms with Crippen molar-refractivity contribution >= 4 is 41.1 Å². The van der Waals surface area contributed by atoms with Crippen LogP contribution in [0.4, 0.5) is 4.79 Å². The van der Waals surface area contributed by atoms with E-state index in [0.717, 1.165) is 49.8 Å². The molecule has 1 N–H and O–H groups in total. The topological polar surface area (TPSA) is 71.5 Å². The molecule has 3 heterocycles. The Morgan fingerprint density at radius 2 is 1.90 bits per heavy atom. The molecular weight excluding hydrogens is 439 g/mol. The molecule has 0 bridgehead atoms. The van der Waals surface area contributed by atoms with Crippen molar-refractivity contribution < 1.29 is 9.59 Å². The lowest BCUT2D eigenvalue weighted by molar-refractivity contribution is -0.127. The first-order chi connectivity index (χ1) is 14.7. The lowest BCUT2D eigenvalue weighted by Gasteiger charge is -2.40. The van der Waals surface area contributed by atoms with Gasteiger partial charge in [0.25, 0.3) is 5.91 Å². The van der Waals surface area contributed by atoms with Gasteiger partial charge in [-0.05, 0) is 24.6 Å². The molecule has 1 aromatic carbocycles. The average molecular weight is 465 g/mol. The third kappa shape index (κ3) is 4.37. The van der Waals surface area contributed by atoms with Gasteiger partial charge in [-0.2, -0.15) is 0 Å². The molecule has 0 aliphatic carbocycles. The number of amides is 3. The van der Waals surface area contributed by atoms with Crippen LogP contribution in [0.3, 0.4) is 0 Å². The van der Waals surface area contributed by atoms with Gasteiger partial charge in [0.05, 0.1) is 10.0 Å². The van der Waals surface area contributed by atoms with Crippen LogP contribution in [-0.2, 0) is 11.3 Å². The molecule has 0 saturated carbocycles. The number of piperazine rings is 1. The van der Waals surface area contributed by atoms with E-state index in [1.807, 2.05) is 17.9 Å². The van der Waals surface area contributed by atoms with E-state index in [9.17, 15) is 9.59 Å². The summed E-state index contributed by atoms with van der Waals surface area (Å²) in [4.78, 5) is 37.8. The molecule has 2 saturated heterocycles. The zero-order valence-corrected chi connectivity index (χ0v) is 19.2. The quantitative estimate of drug-likeness (QED) is 0.691. The Morgan fingerprint density at radius 1 is 1.19 bits per heavy atom. The van der Waals surface area contributed by atoms with E-state index in [0.29, 0.717) is 16.6 Å². The average Bonchev–Trinajstić information content (AvgIpc) is 3.09. The fourth-order valence-corrected chi connectivity index (χ4v) is 4.59. The van der Waals surface area contributed by atoms with Crippen molar-refractivity contribution in [2.75, 3.05) is 39.8 Å². The molecule has 2 unspecified atom stereocenters. The minimum absolute atomic E-state index is 0.340. The summed E-state index contributed by atoms with van der Waals surface area (Å²) in [5.41, 5.74) is 2.05. The number of urea groups is 1. The molecule has 3 aliphatic rings. The van der Waals surface area contributed by atoms with Gasteiger partial charge in [0, 0.05) is 46.3 Å². The lowest BCUT2D eigenvalue weighted by atomic mass is 10.1. The van der Waals surface area contributed by atoms with Gasteiger partial charge in [-0.1, -0.05) is 41.4 Å². The second kappa shape index (κ2) is 8.68. The Labute approximate surface area is 192 Å². The van der Waals surface area contributed by atoms with Crippen molar-refractivity contribution in [3.63, 3.8) is 0 Å². The summed E-state index contributed by atoms with van der Waals surface area (Å²) >= 11 is 12.3. The second-order valence-corrected chi connectivity index (χ2v) is 9.10. The van der Waals surface area contributed by atoms with Crippen molar-refractivity contribution in [3.05, 3.63) is 46.0 Å². The molecule has 31 heavy (non-hydrogen) atoms. The monoisotopic (exact) mass is 464 g/mol. The van der Waals surface area contributed by atoms with Gasteiger partial charge < -0.3 is 14.7 Å². The van der Waals surface area contributed by atoms with Crippen LogP contribution in [-0.4, -0.2) is 89.5 Å². The summed E-state index contributed by atoms with van der Waals surface area (Å²) in [5.74, 6) is 0.389. The Balaban J connectivity index is 1.60. The van der Waals surface area contributed by atoms with Crippen molar-refractivity contribution in [1.82, 2.24) is 24.9 Å². The van der Waals surface area contributed by atoms with E-state index in [1.54, 1.807) is 19.2 Å². The summed E-state index contributed by atoms with van der Waals surface area (Å²) in [5, 5.41) is 3.38. The largest absolute Gasteiger partial charge is 0.340 e. The predicted octanol–water partition coefficient (Wildman–Crippen LogP) is 2.24. The van der Waals surface area contributed by atoms with Crippen LogP contribution in [0.1, 0.15) is 12.5 Å². The van der Waals surface area contributed by atoms with E-state index in [-0.39, 0.29) is 5.91 Å². The van der Waals surface area contributed by atoms with E-state index < -0.39 is 18.2 Å². The van der Waals surface area contributed by atoms with Gasteiger partial charge in [0.2, 0.25) is 0 Å². The Hall–Kier alpha value is -2.29. The zero-order valence-electron chi connectivity index (χ0n) is 17.6. The van der Waals surface area contributed by atoms with Crippen molar-refractivity contribution in [2.45, 2.75) is 25.7 Å². The molecule has 166 valence electrons. The molecular formula is C21H26Cl2N6O2. The maximum absolute atomic E-state index is 12.8. The number of halogens is 2. The molecule has 10 heteroatoms. The number of nitrogens with zero attached hydrogens (tertiary/aromatic N) is 5. The first-order valence-corrected chi connectivity index (χ1v) is 11.0. The highest BCUT2D eigenvalue weighted by atomic mass is 35.5. The first kappa shape index (κ1) is 21.9. The number of hydrogen-bond acceptors (Lipinski definition) is 6. The molecule has 8 nitrogen and oxygen atoms in total. The Kier molecular flexibility index (Phi) is 6.14. The molecule has 3 amide bonds. The molecule has 2 atom stereocenters. The molecule has 0 spiro atoms. The van der Waals surface area contributed by atoms with Crippen LogP contribution in [0, 0.1) is 0 Å². The molecule has 0 aromatic heterocycles. The molecule has 2 fully saturated rings. The number of imide groups is 1. The predicted molar refractivity (Wildman–Crippen MR) is 121 cm³/mol. The highest BCUT2D eigenvalue weighted by molar-refractivity contribution is 6.42. The number of rotatable bonds is 4. The number of nitrogens with one attached hydrogen (secondary N) is 1. The zero-order chi connectivity index (χ0) is 22.3. The number of hydrogen-bond donors (Lipinski definition) is 1. The van der Waals surface area contributed by atoms with Crippen LogP contribution in [0.15, 0.2) is 35.3 Å². The summed E-state index contributed by atoms with van der Waals surface area (Å²) < 4.78 is 0. The van der Waals surface area contributed by atoms with Crippen LogP contribution in [0.25, 0.3) is 0 Å². The minimum atomic E-state index is -0.597. The fraction of sp³-hybridized carbons (Fsp3) is 0.476. The number of guanidine groups is 1. The normalized spacial score (nSPS) is 24.3. The Morgan fingerprint density at radius 3 is 2.55 bits per heavy atom. The van der Waals surface area contributed by atoms with Crippen molar-refractivity contribution in [3.8, 4) is 0 Å². The molecule has 0 radical (unpaired) electrons. The molecule has 1 aromatic rings. The second-order valence-electron chi connectivity index (χ2n) is 8.29. The van der Waals surface area contributed by atoms with Gasteiger partial charge in [-0.25, -0.2) is 9.79 Å². The van der Waals surface area contributed by atoms with Crippen molar-refractivity contribution in [2.24, 2.45) is 4.99 Å². The molecule has 4 rings (SSSR count). The van der Waals surface area contributed by atoms with Gasteiger partial charge >= 0.3 is 6.03 Å². The summed E-state index contributed by atoms with van der Waals surface area (Å²) in [7, 11) is 1.66. The standard InChI is InChI=1S/C21H26Cl2N6O2/c1-13(2)11-27-6-8-28(9-7-27)20-24-18-17(19(30)25-21(31)26(18)3)29(20)12-14-4-5-15(22)16(23)10-14/h4-5,10,17-18H,1,6-9,11-12H2,2-3H3,(H,25,30,31). The van der Waals surface area contributed by atoms with Gasteiger partial charge in [-0.15, -0.1) is 0 Å². The number of benzene rings is 1. The highest BCUT2D eigenvalue weighted by Crippen LogP contribution is 2.29. The van der Waals surface area contributed by atoms with Crippen LogP contribution < -0.4 is 5.32 Å². The third-order valence-corrected chi connectivity index (χ3v) is 6.56. The smallest absolute Gasteiger partial charge is 0.325 e. The van der Waals surface area contributed by atoms with Gasteiger partial charge in [0.1, 0.15) is 0 Å². The summed E-state index contributed by atoms with van der Waals surface area (Å²) in [6, 6.07) is 4.41. The summed E-state index contributed by atoms with van der Waals surface area (Å²) in [6.45, 7) is 10.7. The van der Waals surface area contributed by atoms with Crippen LogP contribution in [0.5, 0.6) is 0 Å². The van der Waals surface area contributed by atoms with Crippen LogP contribution >= 0.6 is 23.2 Å². The maximum Gasteiger partial charge on any atom is 0.325 e. The van der Waals surface area contributed by atoms with E-state index in [1.165, 1.54) is 4.90 Å². The number of carbonyl (C=O) groups excluding carboxylic acids is 2. The molecule has 3 aliphatic heterocycles. The number of carbonyl (C=O) groups is 2. The number of likely N-dealkylation sites (N-methyl/N-ethyl adjacent to an activating group) is 1. The minimum Gasteiger partial charge on any atom is -0.340 e. The first-order valence-electron chi connectivity index (χ1n) is 10.2. The van der Waals surface area contributed by atoms with Crippen molar-refractivity contribution in [1.29, 1.82) is 0 Å². The SMILES string of the molecule is C=C(C)CN1CCN(C2=NC3C(C(=O)NC(=O)N3C)N2Cc2ccc(Cl)c(Cl)c2)CC1. The van der Waals surface area contributed by atoms with E-state index in [2.05, 4.69) is 21.7 Å². The number of fused-ring (bicyclic) bond motifs is 1. The van der Waals surface area contributed by atoms with Gasteiger partial charge in [0.15, 0.2) is 18.2 Å². The highest BCUT2D eigenvalue weighted by Gasteiger charge is 2.49. The van der Waals surface area contributed by atoms with E-state index >= 15 is 0 Å². The Bertz CT molecular complexity index is 944. The fourth-order valence-electron chi connectivity index (χ4n) is 4.27. The lowest BCUT2D eigenvalue weighted by Crippen LogP contribution is -2.64. The third-order valence-electron chi connectivity index (χ3n) is 5.82. The van der Waals surface area contributed by atoms with Crippen LogP contribution in [0.2, 0.25) is 10.0 Å². The maximum atomic E-state index is 12.8. The van der Waals surface area contributed by atoms with Gasteiger partial charge in [-0.3, -0.25) is 15.0 Å². The van der Waals surface area contributed by atoms with E-state index in [4.69, 9.17) is 28.2 Å².